The van der Waals surface area contributed by atoms with Gasteiger partial charge in [-0.15, -0.1) is 0 Å². The molecule has 0 aliphatic carbocycles. The van der Waals surface area contributed by atoms with Gasteiger partial charge in [0.25, 0.3) is 0 Å². The summed E-state index contributed by atoms with van der Waals surface area (Å²) in [6.07, 6.45) is 0. The molecule has 0 saturated carbocycles. The molecule has 0 radical (unpaired) electrons. The fourth-order valence-electron chi connectivity index (χ4n) is 2.01. The lowest BCUT2D eigenvalue weighted by Gasteiger charge is -2.06. The van der Waals surface area contributed by atoms with Gasteiger partial charge in [0.2, 0.25) is 6.79 Å². The van der Waals surface area contributed by atoms with Crippen molar-refractivity contribution < 1.29 is 23.8 Å². The van der Waals surface area contributed by atoms with Crippen LogP contribution < -0.4 is 9.47 Å². The van der Waals surface area contributed by atoms with Crippen LogP contribution in [-0.4, -0.2) is 25.2 Å². The highest BCUT2D eigenvalue weighted by atomic mass is 35.5. The Morgan fingerprint density at radius 1 is 1.09 bits per heavy atom. The number of hydrogen-bond donors (Lipinski definition) is 0. The summed E-state index contributed by atoms with van der Waals surface area (Å²) in [6, 6.07) is 11.5. The Hall–Kier alpha value is -2.53. The van der Waals surface area contributed by atoms with E-state index in [-0.39, 0.29) is 29.8 Å². The van der Waals surface area contributed by atoms with Crippen LogP contribution in [0.3, 0.4) is 0 Å². The van der Waals surface area contributed by atoms with E-state index in [1.807, 2.05) is 0 Å². The van der Waals surface area contributed by atoms with E-state index in [1.54, 1.807) is 30.3 Å². The van der Waals surface area contributed by atoms with Crippen molar-refractivity contribution >= 4 is 23.4 Å². The molecular formula is C16H11ClO5. The fraction of sp³-hybridized carbons (Fsp3) is 0.125. The van der Waals surface area contributed by atoms with Crippen LogP contribution in [0.1, 0.15) is 20.7 Å². The third-order valence-electron chi connectivity index (χ3n) is 3.09. The van der Waals surface area contributed by atoms with Crippen LogP contribution in [-0.2, 0) is 4.74 Å². The minimum Gasteiger partial charge on any atom is -0.454 e. The van der Waals surface area contributed by atoms with Crippen LogP contribution >= 0.6 is 11.6 Å². The molecule has 22 heavy (non-hydrogen) atoms. The molecule has 2 aromatic rings. The van der Waals surface area contributed by atoms with Crippen LogP contribution in [0, 0.1) is 0 Å². The molecule has 5 nitrogen and oxygen atoms in total. The molecule has 0 amide bonds. The third-order valence-corrected chi connectivity index (χ3v) is 3.37. The quantitative estimate of drug-likeness (QED) is 0.640. The average Bonchev–Trinajstić information content (AvgIpc) is 3.02. The lowest BCUT2D eigenvalue weighted by molar-refractivity contribution is 0.0474. The van der Waals surface area contributed by atoms with Crippen molar-refractivity contribution in [2.24, 2.45) is 0 Å². The smallest absolute Gasteiger partial charge is 0.338 e. The van der Waals surface area contributed by atoms with Gasteiger partial charge in [0.05, 0.1) is 10.6 Å². The van der Waals surface area contributed by atoms with E-state index < -0.39 is 5.97 Å². The van der Waals surface area contributed by atoms with E-state index in [4.69, 9.17) is 25.8 Å². The number of esters is 1. The zero-order valence-corrected chi connectivity index (χ0v) is 12.1. The van der Waals surface area contributed by atoms with Crippen molar-refractivity contribution in [1.82, 2.24) is 0 Å². The lowest BCUT2D eigenvalue weighted by atomic mass is 10.1. The summed E-state index contributed by atoms with van der Waals surface area (Å²) in [5.41, 5.74) is 0.689. The summed E-state index contributed by atoms with van der Waals surface area (Å²) in [6.45, 7) is -0.283. The molecule has 1 aliphatic heterocycles. The molecule has 0 spiro atoms. The topological polar surface area (TPSA) is 61.8 Å². The highest BCUT2D eigenvalue weighted by molar-refractivity contribution is 6.32. The first-order valence-corrected chi connectivity index (χ1v) is 6.87. The number of fused-ring (bicyclic) bond motifs is 1. The van der Waals surface area contributed by atoms with Crippen LogP contribution in [0.25, 0.3) is 0 Å². The van der Waals surface area contributed by atoms with E-state index in [2.05, 4.69) is 0 Å². The second-order valence-corrected chi connectivity index (χ2v) is 4.96. The molecule has 0 bridgehead atoms. The molecular weight excluding hydrogens is 308 g/mol. The number of benzene rings is 2. The van der Waals surface area contributed by atoms with Gasteiger partial charge in [-0.05, 0) is 12.1 Å². The van der Waals surface area contributed by atoms with Gasteiger partial charge < -0.3 is 14.2 Å². The molecule has 0 atom stereocenters. The Kier molecular flexibility index (Phi) is 3.98. The number of halogens is 1. The summed E-state index contributed by atoms with van der Waals surface area (Å²) >= 11 is 6.00. The van der Waals surface area contributed by atoms with Gasteiger partial charge in [-0.25, -0.2) is 4.79 Å². The summed E-state index contributed by atoms with van der Waals surface area (Å²) in [5, 5.41) is 0.260. The summed E-state index contributed by atoms with van der Waals surface area (Å²) in [7, 11) is 0. The van der Waals surface area contributed by atoms with E-state index in [0.29, 0.717) is 17.1 Å². The van der Waals surface area contributed by atoms with Crippen molar-refractivity contribution in [1.29, 1.82) is 0 Å². The molecule has 0 unspecified atom stereocenters. The Bertz CT molecular complexity index is 727. The largest absolute Gasteiger partial charge is 0.454 e. The van der Waals surface area contributed by atoms with Crippen molar-refractivity contribution in [3.8, 4) is 11.5 Å². The van der Waals surface area contributed by atoms with Crippen molar-refractivity contribution in [3.63, 3.8) is 0 Å². The van der Waals surface area contributed by atoms with Crippen LogP contribution in [0.2, 0.25) is 5.02 Å². The van der Waals surface area contributed by atoms with E-state index in [1.165, 1.54) is 12.1 Å². The monoisotopic (exact) mass is 318 g/mol. The second-order valence-electron chi connectivity index (χ2n) is 4.56. The maximum atomic E-state index is 12.0. The fourth-order valence-corrected chi connectivity index (χ4v) is 2.27. The maximum absolute atomic E-state index is 12.0. The molecule has 0 fully saturated rings. The number of Topliss-reactive ketones (excluding diaryl/α,β-unsaturated/α-hetero) is 1. The number of rotatable bonds is 4. The molecule has 0 aromatic heterocycles. The SMILES string of the molecule is O=C(COC(=O)c1cc(Cl)c2c(c1)OCO2)c1ccccc1. The number of hydrogen-bond acceptors (Lipinski definition) is 5. The van der Waals surface area contributed by atoms with Gasteiger partial charge in [-0.3, -0.25) is 4.79 Å². The minimum atomic E-state index is -0.649. The van der Waals surface area contributed by atoms with Gasteiger partial charge >= 0.3 is 5.97 Å². The molecule has 6 heteroatoms. The maximum Gasteiger partial charge on any atom is 0.338 e. The van der Waals surface area contributed by atoms with Gasteiger partial charge in [0, 0.05) is 5.56 Å². The Labute approximate surface area is 131 Å². The molecule has 1 heterocycles. The third kappa shape index (κ3) is 2.89. The van der Waals surface area contributed by atoms with Crippen molar-refractivity contribution in [2.75, 3.05) is 13.4 Å². The highest BCUT2D eigenvalue weighted by Gasteiger charge is 2.21. The molecule has 1 aliphatic rings. The molecule has 0 saturated heterocycles. The minimum absolute atomic E-state index is 0.0556. The molecule has 112 valence electrons. The standard InChI is InChI=1S/C16H11ClO5/c17-12-6-11(7-14-15(12)22-9-21-14)16(19)20-8-13(18)10-4-2-1-3-5-10/h1-7H,8-9H2. The van der Waals surface area contributed by atoms with Gasteiger partial charge in [0.1, 0.15) is 0 Å². The Balaban J connectivity index is 1.68. The zero-order chi connectivity index (χ0) is 15.5. The Morgan fingerprint density at radius 2 is 1.86 bits per heavy atom. The van der Waals surface area contributed by atoms with Crippen molar-refractivity contribution in [2.45, 2.75) is 0 Å². The number of carbonyl (C=O) groups excluding carboxylic acids is 2. The summed E-state index contributed by atoms with van der Waals surface area (Å²) < 4.78 is 15.4. The Morgan fingerprint density at radius 3 is 2.64 bits per heavy atom. The van der Waals surface area contributed by atoms with Crippen LogP contribution in [0.5, 0.6) is 11.5 Å². The second kappa shape index (κ2) is 6.07. The summed E-state index contributed by atoms with van der Waals surface area (Å²) in [4.78, 5) is 23.9. The van der Waals surface area contributed by atoms with Gasteiger partial charge in [-0.1, -0.05) is 41.9 Å². The first kappa shape index (κ1) is 14.4. The van der Waals surface area contributed by atoms with E-state index >= 15 is 0 Å². The molecule has 3 rings (SSSR count). The van der Waals surface area contributed by atoms with Crippen LogP contribution in [0.4, 0.5) is 0 Å². The average molecular weight is 319 g/mol. The first-order chi connectivity index (χ1) is 10.6. The zero-order valence-electron chi connectivity index (χ0n) is 11.4. The van der Waals surface area contributed by atoms with E-state index in [0.717, 1.165) is 0 Å². The lowest BCUT2D eigenvalue weighted by Crippen LogP contribution is -2.14. The van der Waals surface area contributed by atoms with Gasteiger partial charge in [-0.2, -0.15) is 0 Å². The number of ketones is 1. The summed E-state index contributed by atoms with van der Waals surface area (Å²) in [5.74, 6) is -0.141. The molecule has 0 N–H and O–H groups in total. The number of carbonyl (C=O) groups is 2. The normalized spacial score (nSPS) is 12.0. The van der Waals surface area contributed by atoms with E-state index in [9.17, 15) is 9.59 Å². The van der Waals surface area contributed by atoms with Gasteiger partial charge in [0.15, 0.2) is 23.9 Å². The molecule has 2 aromatic carbocycles. The van der Waals surface area contributed by atoms with Crippen molar-refractivity contribution in [3.05, 3.63) is 58.6 Å². The predicted octanol–water partition coefficient (Wildman–Crippen LogP) is 3.11. The predicted molar refractivity (Wildman–Crippen MR) is 78.6 cm³/mol. The first-order valence-electron chi connectivity index (χ1n) is 6.49. The van der Waals surface area contributed by atoms with Crippen LogP contribution in [0.15, 0.2) is 42.5 Å². The number of ether oxygens (including phenoxy) is 3. The highest BCUT2D eigenvalue weighted by Crippen LogP contribution is 2.39.